The number of unbranched alkanes of at least 4 members (excludes halogenated alkanes) is 4. The van der Waals surface area contributed by atoms with Crippen LogP contribution < -0.4 is 0 Å². The summed E-state index contributed by atoms with van der Waals surface area (Å²) in [6.07, 6.45) is 3.84. The number of nitrogens with zero attached hydrogens (tertiary/aromatic N) is 5. The Balaban J connectivity index is 6.28. The van der Waals surface area contributed by atoms with Crippen LogP contribution in [0.5, 0.6) is 0 Å². The second-order valence-corrected chi connectivity index (χ2v) is 18.4. The summed E-state index contributed by atoms with van der Waals surface area (Å²) in [6.45, 7) is 0. The average molecular weight is 536 g/mol. The van der Waals surface area contributed by atoms with Gasteiger partial charge in [-0.2, -0.15) is 26.3 Å². The van der Waals surface area contributed by atoms with E-state index in [0.29, 0.717) is 75.5 Å². The molecule has 0 heterocycles. The van der Waals surface area contributed by atoms with E-state index in [1.807, 2.05) is 0 Å². The minimum absolute atomic E-state index is 0.148. The molecule has 10 nitrogen and oxygen atoms in total. The van der Waals surface area contributed by atoms with Gasteiger partial charge < -0.3 is 21.5 Å². The molecule has 0 rings (SSSR count). The zero-order valence-electron chi connectivity index (χ0n) is 21.2. The highest BCUT2D eigenvalue weighted by Crippen LogP contribution is 2.35. The van der Waals surface area contributed by atoms with Gasteiger partial charge in [-0.3, -0.25) is 0 Å². The molecule has 192 valence electrons. The van der Waals surface area contributed by atoms with Gasteiger partial charge in [-0.05, 0) is 49.9 Å². The third kappa shape index (κ3) is 12.4. The summed E-state index contributed by atoms with van der Waals surface area (Å²) >= 11 is 0. The van der Waals surface area contributed by atoms with Gasteiger partial charge in [0.2, 0.25) is 0 Å². The molecule has 0 aliphatic heterocycles. The van der Waals surface area contributed by atoms with Crippen molar-refractivity contribution >= 4 is 25.9 Å². The number of nitriles is 5. The fourth-order valence-corrected chi connectivity index (χ4v) is 17.4. The molecule has 0 saturated heterocycles. The van der Waals surface area contributed by atoms with E-state index in [4.69, 9.17) is 42.6 Å². The maximum absolute atomic E-state index is 9.35. The largest absolute Gasteiger partial charge is 0.483 e. The first kappa shape index (κ1) is 32.9. The van der Waals surface area contributed by atoms with Crippen LogP contribution in [-0.4, -0.2) is 47.3 Å². The molecule has 0 aromatic carbocycles. The molecular formula is C22H37N5O5Si3. The van der Waals surface area contributed by atoms with Crippen LogP contribution in [0.1, 0.15) is 57.8 Å². The Morgan fingerprint density at radius 3 is 1.00 bits per heavy atom. The lowest BCUT2D eigenvalue weighted by Crippen LogP contribution is -2.62. The maximum Gasteiger partial charge on any atom is 0.483 e. The average Bonchev–Trinajstić information content (AvgIpc) is 2.87. The summed E-state index contributed by atoms with van der Waals surface area (Å²) in [7, 11) is -4.83. The number of rotatable bonds is 21. The maximum atomic E-state index is 9.35. The van der Waals surface area contributed by atoms with Gasteiger partial charge >= 0.3 is 25.9 Å². The molecule has 0 fully saturated rings. The molecule has 0 saturated carbocycles. The van der Waals surface area contributed by atoms with Gasteiger partial charge in [0.25, 0.3) is 0 Å². The van der Waals surface area contributed by atoms with Gasteiger partial charge in [0.1, 0.15) is 0 Å². The minimum Gasteiger partial charge on any atom is -0.398 e. The first-order valence-electron chi connectivity index (χ1n) is 11.8. The summed E-state index contributed by atoms with van der Waals surface area (Å²) in [6, 6.07) is 13.1. The lowest BCUT2D eigenvalue weighted by atomic mass is 10.4. The molecule has 0 bridgehead atoms. The van der Waals surface area contributed by atoms with Crippen LogP contribution in [0.2, 0.25) is 30.2 Å². The van der Waals surface area contributed by atoms with Crippen molar-refractivity contribution in [2.24, 2.45) is 0 Å². The van der Waals surface area contributed by atoms with E-state index in [2.05, 4.69) is 30.3 Å². The fraction of sp³-hybridized carbons (Fsp3) is 0.773. The monoisotopic (exact) mass is 535 g/mol. The molecule has 0 aliphatic rings. The molecule has 0 atom stereocenters. The smallest absolute Gasteiger partial charge is 0.398 e. The van der Waals surface area contributed by atoms with Crippen LogP contribution in [0.3, 0.4) is 0 Å². The van der Waals surface area contributed by atoms with Crippen LogP contribution in [0, 0.1) is 56.7 Å². The van der Waals surface area contributed by atoms with Crippen LogP contribution in [0.25, 0.3) is 0 Å². The first-order chi connectivity index (χ1) is 16.9. The van der Waals surface area contributed by atoms with E-state index in [9.17, 15) is 5.26 Å². The van der Waals surface area contributed by atoms with E-state index >= 15 is 0 Å². The minimum atomic E-state index is -3.52. The van der Waals surface area contributed by atoms with Crippen molar-refractivity contribution in [2.45, 2.75) is 88.0 Å². The van der Waals surface area contributed by atoms with E-state index in [0.717, 1.165) is 0 Å². The van der Waals surface area contributed by atoms with E-state index in [-0.39, 0.29) is 12.5 Å². The van der Waals surface area contributed by atoms with Crippen LogP contribution in [0.15, 0.2) is 0 Å². The fourth-order valence-electron chi connectivity index (χ4n) is 3.78. The zero-order chi connectivity index (χ0) is 26.5. The third-order valence-electron chi connectivity index (χ3n) is 5.67. The Hall–Kier alpha value is -2.10. The Labute approximate surface area is 213 Å². The molecule has 0 N–H and O–H groups in total. The van der Waals surface area contributed by atoms with Crippen molar-refractivity contribution in [2.75, 3.05) is 21.3 Å². The van der Waals surface area contributed by atoms with Gasteiger partial charge in [0, 0.05) is 59.5 Å². The standard InChI is InChI=1S/C22H37N5O5Si3/c1-28-33(18-8-4-13-23,19-9-5-14-24)31-35(30-3,22-12-17-27)32-34(29-2,20-10-6-15-25)21-11-7-16-26/h4-12,18-22H2,1-3H3. The molecule has 0 unspecified atom stereocenters. The summed E-state index contributed by atoms with van der Waals surface area (Å²) in [4.78, 5) is 0. The number of hydrogen-bond acceptors (Lipinski definition) is 10. The lowest BCUT2D eigenvalue weighted by Gasteiger charge is -2.43. The van der Waals surface area contributed by atoms with Crippen LogP contribution in [0.4, 0.5) is 0 Å². The van der Waals surface area contributed by atoms with Gasteiger partial charge in [-0.25, -0.2) is 0 Å². The Bertz CT molecular complexity index is 719. The Morgan fingerprint density at radius 1 is 0.457 bits per heavy atom. The van der Waals surface area contributed by atoms with E-state index < -0.39 is 25.9 Å². The summed E-state index contributed by atoms with van der Waals surface area (Å²) in [5.41, 5.74) is 0. The van der Waals surface area contributed by atoms with Crippen molar-refractivity contribution in [3.63, 3.8) is 0 Å². The highest BCUT2D eigenvalue weighted by atomic mass is 28.5. The van der Waals surface area contributed by atoms with Crippen molar-refractivity contribution in [3.05, 3.63) is 0 Å². The zero-order valence-corrected chi connectivity index (χ0v) is 24.2. The molecular weight excluding hydrogens is 499 g/mol. The van der Waals surface area contributed by atoms with Gasteiger partial charge in [0.05, 0.1) is 30.3 Å². The first-order valence-corrected chi connectivity index (χ1v) is 18.2. The predicted octanol–water partition coefficient (Wildman–Crippen LogP) is 4.91. The van der Waals surface area contributed by atoms with Crippen LogP contribution >= 0.6 is 0 Å². The lowest BCUT2D eigenvalue weighted by molar-refractivity contribution is 0.141. The van der Waals surface area contributed by atoms with Gasteiger partial charge in [-0.15, -0.1) is 0 Å². The predicted molar refractivity (Wildman–Crippen MR) is 134 cm³/mol. The molecule has 0 aromatic rings. The third-order valence-corrected chi connectivity index (χ3v) is 18.6. The van der Waals surface area contributed by atoms with Gasteiger partial charge in [0.15, 0.2) is 0 Å². The van der Waals surface area contributed by atoms with E-state index in [1.54, 1.807) is 14.2 Å². The molecule has 0 amide bonds. The second kappa shape index (κ2) is 19.1. The SMILES string of the molecule is CO[Si](CCCC#N)(CCCC#N)O[Si](CCC#N)(OC)O[Si](CCCC#N)(CCCC#N)OC. The Morgan fingerprint density at radius 2 is 0.771 bits per heavy atom. The molecule has 0 aliphatic carbocycles. The molecule has 0 aromatic heterocycles. The van der Waals surface area contributed by atoms with Gasteiger partial charge in [-0.1, -0.05) is 0 Å². The van der Waals surface area contributed by atoms with Crippen molar-refractivity contribution in [1.82, 2.24) is 0 Å². The second-order valence-electron chi connectivity index (χ2n) is 8.03. The summed E-state index contributed by atoms with van der Waals surface area (Å²) < 4.78 is 31.5. The highest BCUT2D eigenvalue weighted by molar-refractivity contribution is 6.84. The molecule has 35 heavy (non-hydrogen) atoms. The summed E-state index contributed by atoms with van der Waals surface area (Å²) in [5.74, 6) is 0. The van der Waals surface area contributed by atoms with Crippen molar-refractivity contribution < 1.29 is 21.5 Å². The van der Waals surface area contributed by atoms with E-state index in [1.165, 1.54) is 7.11 Å². The van der Waals surface area contributed by atoms with Crippen molar-refractivity contribution in [1.29, 1.82) is 26.3 Å². The topological polar surface area (TPSA) is 165 Å². The van der Waals surface area contributed by atoms with Crippen molar-refractivity contribution in [3.8, 4) is 30.3 Å². The quantitative estimate of drug-likeness (QED) is 0.145. The number of hydrogen-bond donors (Lipinski definition) is 0. The molecule has 0 spiro atoms. The highest BCUT2D eigenvalue weighted by Gasteiger charge is 2.55. The normalized spacial score (nSPS) is 11.6. The van der Waals surface area contributed by atoms with Crippen LogP contribution in [-0.2, 0) is 21.5 Å². The molecule has 13 heteroatoms. The Kier molecular flexibility index (Phi) is 18.0. The molecule has 0 radical (unpaired) electrons. The summed E-state index contributed by atoms with van der Waals surface area (Å²) in [5, 5.41) is 45.5.